The van der Waals surface area contributed by atoms with E-state index in [9.17, 15) is 0 Å². The summed E-state index contributed by atoms with van der Waals surface area (Å²) in [5.74, 6) is 1.11. The number of hydrogen-bond acceptors (Lipinski definition) is 3. The standard InChI is InChI=1S/C11H21N3/c1-11(2)7-12-10(13-8-11)14(3)9-5-4-6-9/h9H,4-8H2,1-3H3,(H,12,13). The van der Waals surface area contributed by atoms with Crippen molar-refractivity contribution < 1.29 is 0 Å². The summed E-state index contributed by atoms with van der Waals surface area (Å²) in [4.78, 5) is 6.93. The first-order chi connectivity index (χ1) is 6.58. The molecule has 80 valence electrons. The van der Waals surface area contributed by atoms with Crippen LogP contribution in [0.5, 0.6) is 0 Å². The average Bonchev–Trinajstić information content (AvgIpc) is 2.00. The summed E-state index contributed by atoms with van der Waals surface area (Å²) in [6, 6.07) is 0.738. The number of aliphatic imine (C=N–C) groups is 1. The minimum Gasteiger partial charge on any atom is -0.356 e. The molecular weight excluding hydrogens is 174 g/mol. The van der Waals surface area contributed by atoms with Crippen LogP contribution >= 0.6 is 0 Å². The molecular formula is C11H21N3. The van der Waals surface area contributed by atoms with Gasteiger partial charge in [-0.05, 0) is 19.3 Å². The number of hydrogen-bond donors (Lipinski definition) is 1. The third-order valence-corrected chi connectivity index (χ3v) is 3.34. The molecule has 0 saturated heterocycles. The minimum absolute atomic E-state index is 0.323. The van der Waals surface area contributed by atoms with Crippen LogP contribution in [0.3, 0.4) is 0 Å². The van der Waals surface area contributed by atoms with E-state index in [2.05, 4.69) is 36.1 Å². The quantitative estimate of drug-likeness (QED) is 0.686. The Kier molecular flexibility index (Phi) is 2.41. The van der Waals surface area contributed by atoms with Crippen LogP contribution in [-0.2, 0) is 0 Å². The van der Waals surface area contributed by atoms with E-state index in [1.807, 2.05) is 0 Å². The lowest BCUT2D eigenvalue weighted by atomic mass is 9.91. The first-order valence-corrected chi connectivity index (χ1v) is 5.60. The summed E-state index contributed by atoms with van der Waals surface area (Å²) >= 11 is 0. The Morgan fingerprint density at radius 2 is 2.14 bits per heavy atom. The highest BCUT2D eigenvalue weighted by atomic mass is 15.3. The Morgan fingerprint density at radius 3 is 2.57 bits per heavy atom. The summed E-state index contributed by atoms with van der Waals surface area (Å²) in [6.45, 7) is 6.50. The molecule has 0 radical (unpaired) electrons. The lowest BCUT2D eigenvalue weighted by Crippen LogP contribution is -2.52. The maximum absolute atomic E-state index is 4.62. The number of rotatable bonds is 1. The largest absolute Gasteiger partial charge is 0.356 e. The van der Waals surface area contributed by atoms with Crippen LogP contribution in [0.4, 0.5) is 0 Å². The van der Waals surface area contributed by atoms with Gasteiger partial charge in [0.25, 0.3) is 0 Å². The van der Waals surface area contributed by atoms with Crippen molar-refractivity contribution in [2.45, 2.75) is 39.2 Å². The first kappa shape index (κ1) is 9.81. The first-order valence-electron chi connectivity index (χ1n) is 5.60. The maximum atomic E-state index is 4.62. The van der Waals surface area contributed by atoms with Crippen LogP contribution in [-0.4, -0.2) is 37.0 Å². The Labute approximate surface area is 86.6 Å². The van der Waals surface area contributed by atoms with Crippen molar-refractivity contribution in [3.63, 3.8) is 0 Å². The molecule has 0 aromatic carbocycles. The van der Waals surface area contributed by atoms with Gasteiger partial charge in [-0.1, -0.05) is 13.8 Å². The Morgan fingerprint density at radius 1 is 1.43 bits per heavy atom. The molecule has 0 spiro atoms. The highest BCUT2D eigenvalue weighted by Gasteiger charge is 2.28. The van der Waals surface area contributed by atoms with Crippen LogP contribution < -0.4 is 5.32 Å². The van der Waals surface area contributed by atoms with Gasteiger partial charge in [0.1, 0.15) is 0 Å². The highest BCUT2D eigenvalue weighted by Crippen LogP contribution is 2.25. The summed E-state index contributed by atoms with van der Waals surface area (Å²) in [5, 5.41) is 3.43. The van der Waals surface area contributed by atoms with E-state index in [0.717, 1.165) is 25.1 Å². The predicted molar refractivity (Wildman–Crippen MR) is 59.5 cm³/mol. The summed E-state index contributed by atoms with van der Waals surface area (Å²) in [5.41, 5.74) is 0.323. The topological polar surface area (TPSA) is 27.6 Å². The van der Waals surface area contributed by atoms with Gasteiger partial charge < -0.3 is 10.2 Å². The highest BCUT2D eigenvalue weighted by molar-refractivity contribution is 5.80. The van der Waals surface area contributed by atoms with Gasteiger partial charge in [0.2, 0.25) is 0 Å². The average molecular weight is 195 g/mol. The molecule has 0 amide bonds. The van der Waals surface area contributed by atoms with Crippen molar-refractivity contribution in [1.82, 2.24) is 10.2 Å². The van der Waals surface area contributed by atoms with Gasteiger partial charge >= 0.3 is 0 Å². The lowest BCUT2D eigenvalue weighted by Gasteiger charge is -2.40. The van der Waals surface area contributed by atoms with Gasteiger partial charge in [0.05, 0.1) is 0 Å². The van der Waals surface area contributed by atoms with Crippen LogP contribution in [0.1, 0.15) is 33.1 Å². The zero-order chi connectivity index (χ0) is 10.2. The van der Waals surface area contributed by atoms with E-state index in [-0.39, 0.29) is 0 Å². The third-order valence-electron chi connectivity index (χ3n) is 3.34. The van der Waals surface area contributed by atoms with Gasteiger partial charge in [-0.3, -0.25) is 4.99 Å². The molecule has 0 unspecified atom stereocenters. The van der Waals surface area contributed by atoms with Gasteiger partial charge in [-0.2, -0.15) is 0 Å². The van der Waals surface area contributed by atoms with Crippen molar-refractivity contribution in [2.24, 2.45) is 10.4 Å². The second-order valence-electron chi connectivity index (χ2n) is 5.35. The number of guanidine groups is 1. The molecule has 2 aliphatic rings. The SMILES string of the molecule is CN(C1=NCC(C)(C)CN1)C1CCC1. The molecule has 14 heavy (non-hydrogen) atoms. The Bertz CT molecular complexity index is 241. The second kappa shape index (κ2) is 3.44. The zero-order valence-corrected chi connectivity index (χ0v) is 9.51. The van der Waals surface area contributed by atoms with Crippen LogP contribution in [0.2, 0.25) is 0 Å². The molecule has 0 bridgehead atoms. The van der Waals surface area contributed by atoms with E-state index in [1.165, 1.54) is 19.3 Å². The molecule has 1 fully saturated rings. The summed E-state index contributed by atoms with van der Waals surface area (Å²) in [6.07, 6.45) is 4.05. The summed E-state index contributed by atoms with van der Waals surface area (Å²) in [7, 11) is 2.16. The maximum Gasteiger partial charge on any atom is 0.193 e. The van der Waals surface area contributed by atoms with Crippen molar-refractivity contribution in [2.75, 3.05) is 20.1 Å². The van der Waals surface area contributed by atoms with Crippen LogP contribution in [0.25, 0.3) is 0 Å². The van der Waals surface area contributed by atoms with Crippen molar-refractivity contribution in [3.05, 3.63) is 0 Å². The molecule has 1 heterocycles. The van der Waals surface area contributed by atoms with Gasteiger partial charge in [0, 0.05) is 31.6 Å². The van der Waals surface area contributed by atoms with Crippen molar-refractivity contribution >= 4 is 5.96 Å². The second-order valence-corrected chi connectivity index (χ2v) is 5.35. The molecule has 0 atom stereocenters. The van der Waals surface area contributed by atoms with E-state index >= 15 is 0 Å². The fraction of sp³-hybridized carbons (Fsp3) is 0.909. The zero-order valence-electron chi connectivity index (χ0n) is 9.51. The molecule has 3 heteroatoms. The molecule has 1 aliphatic heterocycles. The molecule has 1 aliphatic carbocycles. The Hall–Kier alpha value is -0.730. The lowest BCUT2D eigenvalue weighted by molar-refractivity contribution is 0.225. The molecule has 2 rings (SSSR count). The molecule has 0 aromatic rings. The van der Waals surface area contributed by atoms with Gasteiger partial charge in [-0.25, -0.2) is 0 Å². The normalized spacial score (nSPS) is 26.1. The van der Waals surface area contributed by atoms with Crippen molar-refractivity contribution in [3.8, 4) is 0 Å². The summed E-state index contributed by atoms with van der Waals surface area (Å²) < 4.78 is 0. The Balaban J connectivity index is 1.95. The van der Waals surface area contributed by atoms with E-state index in [0.29, 0.717) is 5.41 Å². The number of nitrogens with one attached hydrogen (secondary N) is 1. The van der Waals surface area contributed by atoms with E-state index in [4.69, 9.17) is 0 Å². The van der Waals surface area contributed by atoms with Crippen LogP contribution in [0, 0.1) is 5.41 Å². The minimum atomic E-state index is 0.323. The van der Waals surface area contributed by atoms with E-state index in [1.54, 1.807) is 0 Å². The fourth-order valence-corrected chi connectivity index (χ4v) is 1.90. The molecule has 1 saturated carbocycles. The fourth-order valence-electron chi connectivity index (χ4n) is 1.90. The van der Waals surface area contributed by atoms with Gasteiger partial charge in [-0.15, -0.1) is 0 Å². The van der Waals surface area contributed by atoms with Crippen LogP contribution in [0.15, 0.2) is 4.99 Å². The molecule has 0 aromatic heterocycles. The predicted octanol–water partition coefficient (Wildman–Crippen LogP) is 1.46. The number of nitrogens with zero attached hydrogens (tertiary/aromatic N) is 2. The molecule has 1 N–H and O–H groups in total. The van der Waals surface area contributed by atoms with Gasteiger partial charge in [0.15, 0.2) is 5.96 Å². The monoisotopic (exact) mass is 195 g/mol. The molecule has 3 nitrogen and oxygen atoms in total. The van der Waals surface area contributed by atoms with E-state index < -0.39 is 0 Å². The smallest absolute Gasteiger partial charge is 0.193 e. The third kappa shape index (κ3) is 1.86. The van der Waals surface area contributed by atoms with Crippen molar-refractivity contribution in [1.29, 1.82) is 0 Å².